The number of nitriles is 1. The minimum atomic E-state index is -4.52. The first-order chi connectivity index (χ1) is 16.3. The molecule has 1 aliphatic rings. The molecule has 0 radical (unpaired) electrons. The van der Waals surface area contributed by atoms with Crippen LogP contribution in [0.4, 0.5) is 13.2 Å². The van der Waals surface area contributed by atoms with Crippen LogP contribution in [0.25, 0.3) is 22.0 Å². The van der Waals surface area contributed by atoms with Gasteiger partial charge in [0.15, 0.2) is 0 Å². The van der Waals surface area contributed by atoms with Gasteiger partial charge in [0.2, 0.25) is 10.0 Å². The molecule has 186 valence electrons. The van der Waals surface area contributed by atoms with E-state index in [1.54, 1.807) is 6.07 Å². The van der Waals surface area contributed by atoms with Crippen LogP contribution < -0.4 is 4.72 Å². The molecule has 1 aliphatic carbocycles. The number of hydrogen-bond acceptors (Lipinski definition) is 3. The fourth-order valence-corrected chi connectivity index (χ4v) is 5.67. The van der Waals surface area contributed by atoms with Gasteiger partial charge < -0.3 is 4.57 Å². The second kappa shape index (κ2) is 8.99. The Labute approximate surface area is 203 Å². The van der Waals surface area contributed by atoms with Crippen LogP contribution >= 0.6 is 0 Å². The number of fused-ring (bicyclic) bond motifs is 1. The molecule has 0 atom stereocenters. The van der Waals surface area contributed by atoms with E-state index in [4.69, 9.17) is 0 Å². The number of halogens is 3. The number of alkyl halides is 3. The summed E-state index contributed by atoms with van der Waals surface area (Å²) in [5.41, 5.74) is 2.15. The molecule has 0 bridgehead atoms. The molecule has 0 amide bonds. The van der Waals surface area contributed by atoms with Gasteiger partial charge in [0.25, 0.3) is 0 Å². The molecule has 35 heavy (non-hydrogen) atoms. The third kappa shape index (κ3) is 5.71. The Hall–Kier alpha value is -2.83. The Kier molecular flexibility index (Phi) is 6.49. The summed E-state index contributed by atoms with van der Waals surface area (Å²) >= 11 is 0. The van der Waals surface area contributed by atoms with Crippen molar-refractivity contribution in [2.45, 2.75) is 58.0 Å². The molecule has 0 aliphatic heterocycles. The van der Waals surface area contributed by atoms with E-state index in [0.29, 0.717) is 30.5 Å². The number of hydrogen-bond donors (Lipinski definition) is 1. The zero-order chi connectivity index (χ0) is 25.6. The van der Waals surface area contributed by atoms with Crippen molar-refractivity contribution in [1.29, 1.82) is 5.26 Å². The van der Waals surface area contributed by atoms with Gasteiger partial charge in [0.1, 0.15) is 0 Å². The van der Waals surface area contributed by atoms with Crippen molar-refractivity contribution >= 4 is 20.9 Å². The highest BCUT2D eigenvalue weighted by molar-refractivity contribution is 7.90. The first-order valence-corrected chi connectivity index (χ1v) is 13.0. The summed E-state index contributed by atoms with van der Waals surface area (Å²) in [6.07, 6.45) is -0.342. The smallest absolute Gasteiger partial charge is 0.346 e. The lowest BCUT2D eigenvalue weighted by Crippen LogP contribution is -2.30. The third-order valence-electron chi connectivity index (χ3n) is 6.08. The van der Waals surface area contributed by atoms with Crippen molar-refractivity contribution in [3.63, 3.8) is 0 Å². The molecule has 1 aromatic heterocycles. The fourth-order valence-electron chi connectivity index (χ4n) is 4.31. The van der Waals surface area contributed by atoms with E-state index >= 15 is 0 Å². The standard InChI is InChI=1S/C26H28F3N3O2S/c1-25(2,3)14-19-16-32(11-10-31-35(33,34)21-6-7-21)24-9-4-17(13-23(19)24)22-8-5-20(26(27,28)29)12-18(22)15-30/h4-5,8-9,12-13,16,21,31H,6-7,10-11,14H2,1-3H3. The lowest BCUT2D eigenvalue weighted by molar-refractivity contribution is -0.137. The maximum absolute atomic E-state index is 13.1. The predicted octanol–water partition coefficient (Wildman–Crippen LogP) is 5.87. The molecule has 2 aromatic carbocycles. The monoisotopic (exact) mass is 503 g/mol. The van der Waals surface area contributed by atoms with E-state index in [2.05, 4.69) is 25.5 Å². The molecular weight excluding hydrogens is 475 g/mol. The topological polar surface area (TPSA) is 74.9 Å². The van der Waals surface area contributed by atoms with Crippen LogP contribution in [-0.2, 0) is 29.2 Å². The number of nitrogens with zero attached hydrogens (tertiary/aromatic N) is 2. The summed E-state index contributed by atoms with van der Waals surface area (Å²) in [5, 5.41) is 10.2. The quantitative estimate of drug-likeness (QED) is 0.438. The summed E-state index contributed by atoms with van der Waals surface area (Å²) in [5.74, 6) is 0. The van der Waals surface area contributed by atoms with Gasteiger partial charge in [-0.25, -0.2) is 13.1 Å². The van der Waals surface area contributed by atoms with Crippen LogP contribution in [0, 0.1) is 16.7 Å². The SMILES string of the molecule is CC(C)(C)Cc1cn(CCNS(=O)(=O)C2CC2)c2ccc(-c3ccc(C(F)(F)F)cc3C#N)cc12. The van der Waals surface area contributed by atoms with E-state index in [9.17, 15) is 26.9 Å². The normalized spacial score (nSPS) is 14.9. The summed E-state index contributed by atoms with van der Waals surface area (Å²) in [4.78, 5) is 0. The summed E-state index contributed by atoms with van der Waals surface area (Å²) in [6.45, 7) is 7.08. The van der Waals surface area contributed by atoms with Crippen molar-refractivity contribution in [1.82, 2.24) is 9.29 Å². The Bertz CT molecular complexity index is 1410. The molecular formula is C26H28F3N3O2S. The second-order valence-electron chi connectivity index (χ2n) is 10.3. The van der Waals surface area contributed by atoms with Crippen LogP contribution in [0.3, 0.4) is 0 Å². The van der Waals surface area contributed by atoms with E-state index in [-0.39, 0.29) is 22.8 Å². The number of benzene rings is 2. The van der Waals surface area contributed by atoms with Gasteiger partial charge in [0, 0.05) is 30.2 Å². The van der Waals surface area contributed by atoms with Gasteiger partial charge >= 0.3 is 6.18 Å². The molecule has 0 saturated heterocycles. The molecule has 1 N–H and O–H groups in total. The summed E-state index contributed by atoms with van der Waals surface area (Å²) in [7, 11) is -3.27. The molecule has 0 unspecified atom stereocenters. The molecule has 1 saturated carbocycles. The number of sulfonamides is 1. The van der Waals surface area contributed by atoms with Gasteiger partial charge in [-0.1, -0.05) is 32.9 Å². The minimum Gasteiger partial charge on any atom is -0.346 e. The maximum atomic E-state index is 13.1. The second-order valence-corrected chi connectivity index (χ2v) is 12.4. The lowest BCUT2D eigenvalue weighted by atomic mass is 9.87. The molecule has 1 fully saturated rings. The van der Waals surface area contributed by atoms with E-state index in [1.165, 1.54) is 6.07 Å². The van der Waals surface area contributed by atoms with Crippen LogP contribution in [0.1, 0.15) is 50.3 Å². The molecule has 4 rings (SSSR count). The fraction of sp³-hybridized carbons (Fsp3) is 0.423. The zero-order valence-corrected chi connectivity index (χ0v) is 20.7. The first-order valence-electron chi connectivity index (χ1n) is 11.5. The van der Waals surface area contributed by atoms with E-state index < -0.39 is 21.8 Å². The highest BCUT2D eigenvalue weighted by Gasteiger charge is 2.35. The highest BCUT2D eigenvalue weighted by Crippen LogP contribution is 2.36. The van der Waals surface area contributed by atoms with Crippen LogP contribution in [0.5, 0.6) is 0 Å². The largest absolute Gasteiger partial charge is 0.416 e. The Morgan fingerprint density at radius 1 is 1.11 bits per heavy atom. The predicted molar refractivity (Wildman–Crippen MR) is 130 cm³/mol. The van der Waals surface area contributed by atoms with Crippen molar-refractivity contribution in [3.05, 3.63) is 59.3 Å². The van der Waals surface area contributed by atoms with Gasteiger partial charge in [-0.05, 0) is 65.6 Å². The van der Waals surface area contributed by atoms with E-state index in [1.807, 2.05) is 29.0 Å². The average molecular weight is 504 g/mol. The van der Waals surface area contributed by atoms with Crippen molar-refractivity contribution in [2.75, 3.05) is 6.54 Å². The number of aromatic nitrogens is 1. The Morgan fingerprint density at radius 3 is 2.43 bits per heavy atom. The molecule has 1 heterocycles. The summed E-state index contributed by atoms with van der Waals surface area (Å²) < 4.78 is 68.4. The molecule has 9 heteroatoms. The van der Waals surface area contributed by atoms with Crippen LogP contribution in [0.15, 0.2) is 42.6 Å². The highest BCUT2D eigenvalue weighted by atomic mass is 32.2. The van der Waals surface area contributed by atoms with Crippen LogP contribution in [0.2, 0.25) is 0 Å². The molecule has 5 nitrogen and oxygen atoms in total. The minimum absolute atomic E-state index is 0.0190. The van der Waals surface area contributed by atoms with Crippen LogP contribution in [-0.4, -0.2) is 24.8 Å². The number of rotatable bonds is 7. The molecule has 3 aromatic rings. The molecule has 0 spiro atoms. The van der Waals surface area contributed by atoms with Gasteiger partial charge in [-0.3, -0.25) is 0 Å². The third-order valence-corrected chi connectivity index (χ3v) is 8.04. The number of nitrogens with one attached hydrogen (secondary N) is 1. The Balaban J connectivity index is 1.71. The first kappa shape index (κ1) is 25.3. The van der Waals surface area contributed by atoms with Gasteiger partial charge in [-0.15, -0.1) is 0 Å². The lowest BCUT2D eigenvalue weighted by Gasteiger charge is -2.17. The maximum Gasteiger partial charge on any atom is 0.416 e. The van der Waals surface area contributed by atoms with Gasteiger partial charge in [-0.2, -0.15) is 18.4 Å². The summed E-state index contributed by atoms with van der Waals surface area (Å²) in [6, 6.07) is 10.7. The Morgan fingerprint density at radius 2 is 1.83 bits per heavy atom. The van der Waals surface area contributed by atoms with E-state index in [0.717, 1.165) is 35.0 Å². The van der Waals surface area contributed by atoms with Crippen molar-refractivity contribution in [3.8, 4) is 17.2 Å². The van der Waals surface area contributed by atoms with Crippen molar-refractivity contribution in [2.24, 2.45) is 5.41 Å². The van der Waals surface area contributed by atoms with Crippen molar-refractivity contribution < 1.29 is 21.6 Å². The average Bonchev–Trinajstić information content (AvgIpc) is 3.57. The zero-order valence-electron chi connectivity index (χ0n) is 19.9. The van der Waals surface area contributed by atoms with Gasteiger partial charge in [0.05, 0.1) is 22.4 Å².